The van der Waals surface area contributed by atoms with E-state index in [2.05, 4.69) is 31.9 Å². The number of benzene rings is 2. The number of fused-ring (bicyclic) bond motifs is 2. The van der Waals surface area contributed by atoms with Crippen molar-refractivity contribution < 1.29 is 23.4 Å². The first-order valence-electron chi connectivity index (χ1n) is 14.5. The van der Waals surface area contributed by atoms with Gasteiger partial charge in [0.1, 0.15) is 5.82 Å². The van der Waals surface area contributed by atoms with E-state index in [0.717, 1.165) is 76.6 Å². The van der Waals surface area contributed by atoms with Gasteiger partial charge in [0.2, 0.25) is 5.88 Å². The van der Waals surface area contributed by atoms with Gasteiger partial charge in [0.05, 0.1) is 38.1 Å². The molecule has 9 heteroatoms. The average Bonchev–Trinajstić information content (AvgIpc) is 3.61. The molecule has 1 saturated heterocycles. The molecule has 1 aliphatic rings. The maximum absolute atomic E-state index is 14.5. The number of esters is 1. The van der Waals surface area contributed by atoms with E-state index in [-0.39, 0.29) is 17.4 Å². The summed E-state index contributed by atoms with van der Waals surface area (Å²) in [6, 6.07) is 13.0. The Balaban J connectivity index is 1.70. The normalized spacial score (nSPS) is 16.5. The van der Waals surface area contributed by atoms with E-state index in [9.17, 15) is 9.18 Å². The number of H-pyrrole nitrogens is 1. The molecule has 6 rings (SSSR count). The van der Waals surface area contributed by atoms with Crippen molar-refractivity contribution in [1.29, 1.82) is 0 Å². The third kappa shape index (κ3) is 5.13. The van der Waals surface area contributed by atoms with Crippen molar-refractivity contribution in [2.45, 2.75) is 51.4 Å². The molecule has 4 heterocycles. The lowest BCUT2D eigenvalue weighted by Crippen LogP contribution is -2.15. The van der Waals surface area contributed by atoms with Crippen LogP contribution in [-0.2, 0) is 9.47 Å². The molecule has 1 fully saturated rings. The zero-order chi connectivity index (χ0) is 29.2. The van der Waals surface area contributed by atoms with Crippen molar-refractivity contribution >= 4 is 27.8 Å². The highest BCUT2D eigenvalue weighted by molar-refractivity contribution is 6.06. The van der Waals surface area contributed by atoms with Crippen LogP contribution in [-0.4, -0.2) is 53.2 Å². The lowest BCUT2D eigenvalue weighted by molar-refractivity contribution is 0.0593. The summed E-state index contributed by atoms with van der Waals surface area (Å²) in [6.07, 6.45) is 8.38. The van der Waals surface area contributed by atoms with Crippen molar-refractivity contribution in [3.05, 3.63) is 71.4 Å². The molecule has 3 aromatic heterocycles. The summed E-state index contributed by atoms with van der Waals surface area (Å²) < 4.78 is 33.8. The minimum Gasteiger partial charge on any atom is -0.481 e. The summed E-state index contributed by atoms with van der Waals surface area (Å²) in [4.78, 5) is 16.9. The number of nitrogens with one attached hydrogen (secondary N) is 1. The van der Waals surface area contributed by atoms with Crippen LogP contribution in [0, 0.1) is 12.7 Å². The predicted octanol–water partition coefficient (Wildman–Crippen LogP) is 7.27. The highest BCUT2D eigenvalue weighted by Gasteiger charge is 2.30. The lowest BCUT2D eigenvalue weighted by Gasteiger charge is -2.24. The lowest BCUT2D eigenvalue weighted by atomic mass is 9.91. The summed E-state index contributed by atoms with van der Waals surface area (Å²) in [5.41, 5.74) is 6.17. The van der Waals surface area contributed by atoms with Gasteiger partial charge in [0.15, 0.2) is 5.69 Å². The van der Waals surface area contributed by atoms with Crippen LogP contribution in [0.25, 0.3) is 38.6 Å². The van der Waals surface area contributed by atoms with Gasteiger partial charge < -0.3 is 18.8 Å². The maximum atomic E-state index is 14.5. The second-order valence-corrected chi connectivity index (χ2v) is 10.9. The second kappa shape index (κ2) is 11.9. The summed E-state index contributed by atoms with van der Waals surface area (Å²) in [7, 11) is 2.88. The Hall–Kier alpha value is -4.24. The Labute approximate surface area is 243 Å². The average molecular weight is 571 g/mol. The molecule has 1 atom stereocenters. The quantitative estimate of drug-likeness (QED) is 0.224. The summed E-state index contributed by atoms with van der Waals surface area (Å²) in [5, 5.41) is 9.31. The van der Waals surface area contributed by atoms with E-state index < -0.39 is 5.97 Å². The number of aromatic amines is 1. The molecule has 0 saturated carbocycles. The third-order valence-corrected chi connectivity index (χ3v) is 8.23. The molecular weight excluding hydrogens is 535 g/mol. The van der Waals surface area contributed by atoms with Crippen LogP contribution in [0.5, 0.6) is 5.88 Å². The Morgan fingerprint density at radius 3 is 2.71 bits per heavy atom. The van der Waals surface area contributed by atoms with Gasteiger partial charge in [-0.15, -0.1) is 0 Å². The van der Waals surface area contributed by atoms with E-state index >= 15 is 0 Å². The van der Waals surface area contributed by atoms with E-state index in [1.807, 2.05) is 18.2 Å². The van der Waals surface area contributed by atoms with Gasteiger partial charge in [-0.3, -0.25) is 5.10 Å². The van der Waals surface area contributed by atoms with Gasteiger partial charge in [-0.2, -0.15) is 5.10 Å². The Morgan fingerprint density at radius 2 is 1.90 bits per heavy atom. The molecule has 0 amide bonds. The number of nitrogens with zero attached hydrogens (tertiary/aromatic N) is 3. The standard InChI is InChI=1S/C33H35FN4O4/c1-20-15-23(10-12-26(20)34)38-29-16-22-18-35-37-28(22)17-25(29)30(24-11-13-27(33(39)41-3)36-32(24)40-2)31(38)21-9-7-5-4-6-8-14-42-19-21/h10-13,15-18,21H,4-9,14,19H2,1-3H3,(H,35,37). The zero-order valence-corrected chi connectivity index (χ0v) is 24.2. The second-order valence-electron chi connectivity index (χ2n) is 10.9. The molecule has 1 unspecified atom stereocenters. The number of aromatic nitrogens is 4. The van der Waals surface area contributed by atoms with Gasteiger partial charge in [0, 0.05) is 45.8 Å². The topological polar surface area (TPSA) is 91.3 Å². The van der Waals surface area contributed by atoms with Crippen molar-refractivity contribution in [3.8, 4) is 22.7 Å². The van der Waals surface area contributed by atoms with Crippen molar-refractivity contribution in [2.75, 3.05) is 27.4 Å². The van der Waals surface area contributed by atoms with E-state index in [4.69, 9.17) is 14.2 Å². The minimum atomic E-state index is -0.538. The monoisotopic (exact) mass is 570 g/mol. The van der Waals surface area contributed by atoms with Gasteiger partial charge in [-0.05, 0) is 67.8 Å². The first kappa shape index (κ1) is 27.9. The largest absolute Gasteiger partial charge is 0.481 e. The van der Waals surface area contributed by atoms with Gasteiger partial charge in [0.25, 0.3) is 0 Å². The van der Waals surface area contributed by atoms with E-state index in [0.29, 0.717) is 18.1 Å². The Morgan fingerprint density at radius 1 is 1.07 bits per heavy atom. The van der Waals surface area contributed by atoms with Crippen LogP contribution < -0.4 is 4.74 Å². The Kier molecular flexibility index (Phi) is 7.93. The highest BCUT2D eigenvalue weighted by atomic mass is 19.1. The van der Waals surface area contributed by atoms with Crippen LogP contribution in [0.1, 0.15) is 66.2 Å². The Bertz CT molecular complexity index is 1750. The summed E-state index contributed by atoms with van der Waals surface area (Å²) in [6.45, 7) is 3.05. The minimum absolute atomic E-state index is 0.0392. The molecule has 0 spiro atoms. The smallest absolute Gasteiger partial charge is 0.356 e. The molecule has 1 aliphatic heterocycles. The van der Waals surface area contributed by atoms with Crippen LogP contribution in [0.2, 0.25) is 0 Å². The van der Waals surface area contributed by atoms with Crippen molar-refractivity contribution in [2.24, 2.45) is 0 Å². The number of hydrogen-bond acceptors (Lipinski definition) is 6. The molecule has 5 aromatic rings. The number of carbonyl (C=O) groups excluding carboxylic acids is 1. The number of halogens is 1. The van der Waals surface area contributed by atoms with Crippen molar-refractivity contribution in [1.82, 2.24) is 19.7 Å². The number of carbonyl (C=O) groups is 1. The molecule has 2 aromatic carbocycles. The summed E-state index contributed by atoms with van der Waals surface area (Å²) in [5.74, 6) is -0.430. The molecule has 218 valence electrons. The fourth-order valence-electron chi connectivity index (χ4n) is 6.11. The highest BCUT2D eigenvalue weighted by Crippen LogP contribution is 2.46. The number of pyridine rings is 1. The van der Waals surface area contributed by atoms with Crippen LogP contribution >= 0.6 is 0 Å². The van der Waals surface area contributed by atoms with Crippen LogP contribution in [0.4, 0.5) is 4.39 Å². The molecule has 42 heavy (non-hydrogen) atoms. The maximum Gasteiger partial charge on any atom is 0.356 e. The molecule has 8 nitrogen and oxygen atoms in total. The van der Waals surface area contributed by atoms with Crippen LogP contribution in [0.3, 0.4) is 0 Å². The first-order chi connectivity index (χ1) is 20.5. The fraction of sp³-hybridized carbons (Fsp3) is 0.364. The number of rotatable bonds is 5. The number of aryl methyl sites for hydroxylation is 1. The van der Waals surface area contributed by atoms with Gasteiger partial charge in [-0.25, -0.2) is 14.2 Å². The zero-order valence-electron chi connectivity index (χ0n) is 24.2. The van der Waals surface area contributed by atoms with E-state index in [1.165, 1.54) is 26.0 Å². The summed E-state index contributed by atoms with van der Waals surface area (Å²) >= 11 is 0. The number of hydrogen-bond donors (Lipinski definition) is 1. The number of ether oxygens (including phenoxy) is 3. The molecule has 1 N–H and O–H groups in total. The SMILES string of the molecule is COC(=O)c1ccc(-c2c(C3CCCCCCCOC3)n(-c3ccc(F)c(C)c3)c3cc4cn[nH]c4cc23)c(OC)n1. The molecule has 0 bridgehead atoms. The van der Waals surface area contributed by atoms with E-state index in [1.54, 1.807) is 26.3 Å². The predicted molar refractivity (Wildman–Crippen MR) is 160 cm³/mol. The fourth-order valence-corrected chi connectivity index (χ4v) is 6.11. The van der Waals surface area contributed by atoms with Crippen LogP contribution in [0.15, 0.2) is 48.7 Å². The molecule has 0 radical (unpaired) electrons. The van der Waals surface area contributed by atoms with Gasteiger partial charge in [-0.1, -0.05) is 25.7 Å². The molecular formula is C33H35FN4O4. The van der Waals surface area contributed by atoms with Crippen molar-refractivity contribution in [3.63, 3.8) is 0 Å². The molecule has 0 aliphatic carbocycles. The first-order valence-corrected chi connectivity index (χ1v) is 14.5. The number of methoxy groups -OCH3 is 2. The van der Waals surface area contributed by atoms with Gasteiger partial charge >= 0.3 is 5.97 Å². The third-order valence-electron chi connectivity index (χ3n) is 8.23.